The summed E-state index contributed by atoms with van der Waals surface area (Å²) in [6.45, 7) is 5.40. The Hall–Kier alpha value is -0.610. The van der Waals surface area contributed by atoms with Crippen LogP contribution in [0.3, 0.4) is 0 Å². The summed E-state index contributed by atoms with van der Waals surface area (Å²) in [4.78, 5) is 13.2. The van der Waals surface area contributed by atoms with Gasteiger partial charge in [-0.05, 0) is 27.3 Å². The number of likely N-dealkylation sites (N-methyl/N-ethyl adjacent to an activating group) is 1. The van der Waals surface area contributed by atoms with Gasteiger partial charge in [-0.1, -0.05) is 0 Å². The van der Waals surface area contributed by atoms with Crippen molar-refractivity contribution in [3.8, 4) is 0 Å². The van der Waals surface area contributed by atoms with Gasteiger partial charge >= 0.3 is 5.97 Å². The number of rotatable bonds is 3. The molecule has 4 nitrogen and oxygen atoms in total. The topological polar surface area (TPSA) is 52.6 Å². The van der Waals surface area contributed by atoms with Gasteiger partial charge in [-0.2, -0.15) is 0 Å². The summed E-state index contributed by atoms with van der Waals surface area (Å²) in [6.07, 6.45) is 0.691. The van der Waals surface area contributed by atoms with Crippen LogP contribution in [0, 0.1) is 0 Å². The molecule has 0 aromatic rings. The quantitative estimate of drug-likeness (QED) is 0.658. The van der Waals surface area contributed by atoms with Crippen LogP contribution in [0.4, 0.5) is 0 Å². The van der Waals surface area contributed by atoms with Crippen LogP contribution < -0.4 is 5.32 Å². The fourth-order valence-electron chi connectivity index (χ4n) is 1.91. The number of carbonyl (C=O) groups is 1. The second kappa shape index (κ2) is 3.64. The first kappa shape index (κ1) is 10.5. The fraction of sp³-hybridized carbons (Fsp3) is 0.889. The minimum atomic E-state index is -0.731. The highest BCUT2D eigenvalue weighted by Crippen LogP contribution is 2.20. The van der Waals surface area contributed by atoms with E-state index < -0.39 is 11.5 Å². The molecular formula is C9H18N2O2. The Labute approximate surface area is 78.9 Å². The molecule has 1 aliphatic heterocycles. The van der Waals surface area contributed by atoms with Crippen molar-refractivity contribution >= 4 is 5.97 Å². The summed E-state index contributed by atoms with van der Waals surface area (Å²) in [6, 6.07) is 0.211. The molecule has 1 aliphatic rings. The van der Waals surface area contributed by atoms with Crippen molar-refractivity contribution < 1.29 is 9.90 Å². The lowest BCUT2D eigenvalue weighted by molar-refractivity contribution is -0.144. The highest BCUT2D eigenvalue weighted by atomic mass is 16.4. The number of likely N-dealkylation sites (tertiary alicyclic amines) is 1. The van der Waals surface area contributed by atoms with Crippen molar-refractivity contribution in [2.24, 2.45) is 0 Å². The Bertz CT molecular complexity index is 206. The van der Waals surface area contributed by atoms with Crippen molar-refractivity contribution in [1.29, 1.82) is 0 Å². The summed E-state index contributed by atoms with van der Waals surface area (Å²) in [7, 11) is 1.95. The third kappa shape index (κ3) is 2.19. The highest BCUT2D eigenvalue weighted by Gasteiger charge is 2.43. The van der Waals surface area contributed by atoms with Crippen LogP contribution in [-0.4, -0.2) is 47.7 Å². The van der Waals surface area contributed by atoms with Gasteiger partial charge in [0.05, 0.1) is 0 Å². The number of hydrogen-bond acceptors (Lipinski definition) is 3. The largest absolute Gasteiger partial charge is 0.480 e. The monoisotopic (exact) mass is 186 g/mol. The van der Waals surface area contributed by atoms with Crippen molar-refractivity contribution in [1.82, 2.24) is 10.2 Å². The van der Waals surface area contributed by atoms with Crippen LogP contribution in [0.2, 0.25) is 0 Å². The van der Waals surface area contributed by atoms with E-state index in [-0.39, 0.29) is 6.04 Å². The molecule has 0 spiro atoms. The number of aliphatic carboxylic acids is 1. The molecule has 1 atom stereocenters. The van der Waals surface area contributed by atoms with E-state index >= 15 is 0 Å². The Kier molecular flexibility index (Phi) is 2.93. The van der Waals surface area contributed by atoms with E-state index in [1.807, 2.05) is 25.8 Å². The molecule has 0 saturated carbocycles. The Balaban J connectivity index is 2.71. The molecule has 0 bridgehead atoms. The second-order valence-corrected chi connectivity index (χ2v) is 4.17. The molecule has 2 N–H and O–H groups in total. The molecule has 1 unspecified atom stereocenters. The normalized spacial score (nSPS) is 29.8. The minimum Gasteiger partial charge on any atom is -0.480 e. The zero-order valence-electron chi connectivity index (χ0n) is 8.50. The van der Waals surface area contributed by atoms with Gasteiger partial charge in [0.15, 0.2) is 0 Å². The van der Waals surface area contributed by atoms with E-state index in [1.54, 1.807) is 0 Å². The number of hydrogen-bond donors (Lipinski definition) is 2. The molecule has 4 heteroatoms. The average molecular weight is 186 g/mol. The van der Waals surface area contributed by atoms with E-state index in [4.69, 9.17) is 5.11 Å². The molecule has 1 saturated heterocycles. The maximum Gasteiger partial charge on any atom is 0.325 e. The zero-order valence-corrected chi connectivity index (χ0v) is 8.50. The first-order valence-electron chi connectivity index (χ1n) is 4.66. The number of nitrogens with one attached hydrogen (secondary N) is 1. The van der Waals surface area contributed by atoms with E-state index in [2.05, 4.69) is 5.32 Å². The first-order valence-corrected chi connectivity index (χ1v) is 4.66. The summed E-state index contributed by atoms with van der Waals surface area (Å²) < 4.78 is 0. The molecule has 0 aromatic heterocycles. The van der Waals surface area contributed by atoms with Crippen LogP contribution in [-0.2, 0) is 4.79 Å². The van der Waals surface area contributed by atoms with Crippen LogP contribution in [0.25, 0.3) is 0 Å². The van der Waals surface area contributed by atoms with Crippen molar-refractivity contribution in [3.05, 3.63) is 0 Å². The van der Waals surface area contributed by atoms with Crippen molar-refractivity contribution in [3.63, 3.8) is 0 Å². The highest BCUT2D eigenvalue weighted by molar-refractivity contribution is 5.79. The average Bonchev–Trinajstić information content (AvgIpc) is 2.31. The summed E-state index contributed by atoms with van der Waals surface area (Å²) in [5.41, 5.74) is -0.719. The third-order valence-electron chi connectivity index (χ3n) is 2.43. The molecule has 1 fully saturated rings. The Morgan fingerprint density at radius 2 is 2.23 bits per heavy atom. The van der Waals surface area contributed by atoms with Crippen LogP contribution in [0.5, 0.6) is 0 Å². The maximum absolute atomic E-state index is 11.1. The lowest BCUT2D eigenvalue weighted by Gasteiger charge is -2.27. The SMILES string of the molecule is CC(C)NC1(C(=O)O)CCN(C)C1. The Morgan fingerprint density at radius 1 is 1.62 bits per heavy atom. The molecule has 0 radical (unpaired) electrons. The van der Waals surface area contributed by atoms with Gasteiger partial charge in [-0.15, -0.1) is 0 Å². The smallest absolute Gasteiger partial charge is 0.325 e. The van der Waals surface area contributed by atoms with Gasteiger partial charge in [-0.3, -0.25) is 10.1 Å². The summed E-state index contributed by atoms with van der Waals surface area (Å²) in [5, 5.41) is 12.3. The minimum absolute atomic E-state index is 0.211. The van der Waals surface area contributed by atoms with Gasteiger partial charge in [0.2, 0.25) is 0 Å². The number of carboxylic acids is 1. The molecule has 1 heterocycles. The van der Waals surface area contributed by atoms with Gasteiger partial charge in [-0.25, -0.2) is 0 Å². The standard InChI is InChI=1S/C9H18N2O2/c1-7(2)10-9(8(12)13)4-5-11(3)6-9/h7,10H,4-6H2,1-3H3,(H,12,13). The predicted molar refractivity (Wildman–Crippen MR) is 50.8 cm³/mol. The molecule has 76 valence electrons. The van der Waals surface area contributed by atoms with Crippen LogP contribution in [0.1, 0.15) is 20.3 Å². The molecule has 1 rings (SSSR count). The molecule has 0 aliphatic carbocycles. The van der Waals surface area contributed by atoms with Crippen molar-refractivity contribution in [2.45, 2.75) is 31.8 Å². The van der Waals surface area contributed by atoms with Crippen molar-refractivity contribution in [2.75, 3.05) is 20.1 Å². The van der Waals surface area contributed by atoms with E-state index in [1.165, 1.54) is 0 Å². The zero-order chi connectivity index (χ0) is 10.1. The lowest BCUT2D eigenvalue weighted by atomic mass is 9.98. The third-order valence-corrected chi connectivity index (χ3v) is 2.43. The van der Waals surface area contributed by atoms with Gasteiger partial charge in [0.1, 0.15) is 5.54 Å². The van der Waals surface area contributed by atoms with Gasteiger partial charge in [0.25, 0.3) is 0 Å². The van der Waals surface area contributed by atoms with E-state index in [0.29, 0.717) is 13.0 Å². The molecular weight excluding hydrogens is 168 g/mol. The molecule has 13 heavy (non-hydrogen) atoms. The van der Waals surface area contributed by atoms with E-state index in [0.717, 1.165) is 6.54 Å². The molecule has 0 amide bonds. The predicted octanol–water partition coefficient (Wildman–Crippen LogP) is 0.143. The maximum atomic E-state index is 11.1. The lowest BCUT2D eigenvalue weighted by Crippen LogP contribution is -2.56. The number of nitrogens with zero attached hydrogens (tertiary/aromatic N) is 1. The summed E-state index contributed by atoms with van der Waals surface area (Å²) in [5.74, 6) is -0.731. The van der Waals surface area contributed by atoms with Gasteiger partial charge < -0.3 is 10.0 Å². The van der Waals surface area contributed by atoms with E-state index in [9.17, 15) is 4.79 Å². The molecule has 0 aromatic carbocycles. The fourth-order valence-corrected chi connectivity index (χ4v) is 1.91. The second-order valence-electron chi connectivity index (χ2n) is 4.17. The summed E-state index contributed by atoms with van der Waals surface area (Å²) >= 11 is 0. The Morgan fingerprint density at radius 3 is 2.54 bits per heavy atom. The number of carboxylic acid groups (broad SMARTS) is 1. The first-order chi connectivity index (χ1) is 5.96. The van der Waals surface area contributed by atoms with Gasteiger partial charge in [0, 0.05) is 19.1 Å². The van der Waals surface area contributed by atoms with Crippen LogP contribution in [0.15, 0.2) is 0 Å². The van der Waals surface area contributed by atoms with Crippen LogP contribution >= 0.6 is 0 Å².